The molecule has 0 radical (unpaired) electrons. The monoisotopic (exact) mass is 506 g/mol. The fourth-order valence-electron chi connectivity index (χ4n) is 4.66. The summed E-state index contributed by atoms with van der Waals surface area (Å²) in [6.07, 6.45) is 4.97. The molecule has 0 fully saturated rings. The van der Waals surface area contributed by atoms with Crippen molar-refractivity contribution < 1.29 is 13.9 Å². The van der Waals surface area contributed by atoms with Gasteiger partial charge in [-0.1, -0.05) is 29.8 Å². The van der Waals surface area contributed by atoms with Crippen LogP contribution in [0.5, 0.6) is 5.88 Å². The number of methoxy groups -OCH3 is 1. The number of hydrogen-bond acceptors (Lipinski definition) is 7. The van der Waals surface area contributed by atoms with Crippen LogP contribution in [0, 0.1) is 5.82 Å². The highest BCUT2D eigenvalue weighted by atomic mass is 35.5. The summed E-state index contributed by atoms with van der Waals surface area (Å²) in [5.74, 6) is 5.74. The number of nitrogens with two attached hydrogens (primary N) is 1. The molecule has 0 aliphatic carbocycles. The van der Waals surface area contributed by atoms with Gasteiger partial charge in [-0.15, -0.1) is 0 Å². The van der Waals surface area contributed by atoms with Crippen LogP contribution in [-0.2, 0) is 11.3 Å². The van der Waals surface area contributed by atoms with Gasteiger partial charge in [-0.05, 0) is 42.3 Å². The van der Waals surface area contributed by atoms with Crippen molar-refractivity contribution in [3.05, 3.63) is 88.1 Å². The lowest BCUT2D eigenvalue weighted by atomic mass is 9.86. The van der Waals surface area contributed by atoms with Gasteiger partial charge in [-0.3, -0.25) is 14.8 Å². The maximum Gasteiger partial charge on any atom is 0.254 e. The first kappa shape index (κ1) is 23.9. The molecule has 1 unspecified atom stereocenters. The second-order valence-corrected chi connectivity index (χ2v) is 9.13. The topological polar surface area (TPSA) is 96.9 Å². The molecule has 1 aromatic heterocycles. The largest absolute Gasteiger partial charge is 0.480 e. The summed E-state index contributed by atoms with van der Waals surface area (Å²) in [5.41, 5.74) is 3.75. The first-order chi connectivity index (χ1) is 17.4. The van der Waals surface area contributed by atoms with Gasteiger partial charge in [0.15, 0.2) is 0 Å². The van der Waals surface area contributed by atoms with Crippen LogP contribution in [0.15, 0.2) is 71.1 Å². The molecule has 2 aliphatic rings. The van der Waals surface area contributed by atoms with E-state index in [9.17, 15) is 9.18 Å². The van der Waals surface area contributed by atoms with E-state index in [0.29, 0.717) is 46.4 Å². The smallest absolute Gasteiger partial charge is 0.254 e. The van der Waals surface area contributed by atoms with E-state index in [1.54, 1.807) is 23.2 Å². The predicted octanol–water partition coefficient (Wildman–Crippen LogP) is 4.28. The summed E-state index contributed by atoms with van der Waals surface area (Å²) in [6, 6.07) is 11.0. The molecule has 184 valence electrons. The minimum atomic E-state index is -0.451. The first-order valence-corrected chi connectivity index (χ1v) is 11.7. The molecule has 1 amide bonds. The summed E-state index contributed by atoms with van der Waals surface area (Å²) in [6.45, 7) is 2.16. The first-order valence-electron chi connectivity index (χ1n) is 11.4. The molecule has 36 heavy (non-hydrogen) atoms. The third kappa shape index (κ3) is 4.43. The Morgan fingerprint density at radius 1 is 1.22 bits per heavy atom. The SMILES string of the molecule is COc1cncc(-c2cc(F)ccc2C2CC3=C(C(=O)N2Cc2cccc(Cl)c2)[C@@H](C)N(N)C=N3)n1. The average molecular weight is 507 g/mol. The van der Waals surface area contributed by atoms with Crippen molar-refractivity contribution in [1.82, 2.24) is 19.9 Å². The molecule has 3 aromatic rings. The van der Waals surface area contributed by atoms with Crippen LogP contribution in [0.25, 0.3) is 11.3 Å². The van der Waals surface area contributed by atoms with Gasteiger partial charge in [0.25, 0.3) is 5.91 Å². The number of carbonyl (C=O) groups excluding carboxylic acids is 1. The van der Waals surface area contributed by atoms with E-state index in [0.717, 1.165) is 11.1 Å². The van der Waals surface area contributed by atoms with Crippen molar-refractivity contribution in [2.75, 3.05) is 7.11 Å². The van der Waals surface area contributed by atoms with Gasteiger partial charge in [-0.25, -0.2) is 20.2 Å². The number of nitrogens with zero attached hydrogens (tertiary/aromatic N) is 5. The zero-order valence-electron chi connectivity index (χ0n) is 19.7. The number of ether oxygens (including phenoxy) is 1. The number of hydrogen-bond donors (Lipinski definition) is 1. The Balaban J connectivity index is 1.65. The zero-order chi connectivity index (χ0) is 25.4. The number of carbonyl (C=O) groups is 1. The average Bonchev–Trinajstić information content (AvgIpc) is 2.88. The third-order valence-electron chi connectivity index (χ3n) is 6.49. The van der Waals surface area contributed by atoms with Crippen LogP contribution in [0.4, 0.5) is 4.39 Å². The molecule has 2 aromatic carbocycles. The number of rotatable bonds is 5. The molecule has 3 heterocycles. The van der Waals surface area contributed by atoms with Gasteiger partial charge in [0.1, 0.15) is 12.2 Å². The number of aliphatic imine (C=N–C) groups is 1. The molecule has 2 aliphatic heterocycles. The van der Waals surface area contributed by atoms with Gasteiger partial charge in [0.05, 0.1) is 48.6 Å². The summed E-state index contributed by atoms with van der Waals surface area (Å²) in [5, 5.41) is 2.00. The minimum Gasteiger partial charge on any atom is -0.480 e. The highest BCUT2D eigenvalue weighted by Crippen LogP contribution is 2.42. The Labute approximate surface area is 212 Å². The second-order valence-electron chi connectivity index (χ2n) is 8.69. The van der Waals surface area contributed by atoms with E-state index in [4.69, 9.17) is 22.2 Å². The molecule has 2 atom stereocenters. The lowest BCUT2D eigenvalue weighted by molar-refractivity contribution is -0.132. The highest BCUT2D eigenvalue weighted by molar-refractivity contribution is 6.30. The molecule has 8 nitrogen and oxygen atoms in total. The fraction of sp³-hybridized carbons (Fsp3) is 0.231. The van der Waals surface area contributed by atoms with E-state index in [2.05, 4.69) is 15.0 Å². The van der Waals surface area contributed by atoms with Crippen LogP contribution in [0.1, 0.15) is 30.5 Å². The summed E-state index contributed by atoms with van der Waals surface area (Å²) < 4.78 is 19.7. The summed E-state index contributed by atoms with van der Waals surface area (Å²) in [4.78, 5) is 28.9. The zero-order valence-corrected chi connectivity index (χ0v) is 20.5. The Morgan fingerprint density at radius 2 is 2.06 bits per heavy atom. The predicted molar refractivity (Wildman–Crippen MR) is 134 cm³/mol. The van der Waals surface area contributed by atoms with Crippen LogP contribution in [0.3, 0.4) is 0 Å². The van der Waals surface area contributed by atoms with Crippen molar-refractivity contribution >= 4 is 23.8 Å². The molecular formula is C26H24ClFN6O2. The highest BCUT2D eigenvalue weighted by Gasteiger charge is 2.40. The summed E-state index contributed by atoms with van der Waals surface area (Å²) >= 11 is 6.23. The minimum absolute atomic E-state index is 0.187. The van der Waals surface area contributed by atoms with Gasteiger partial charge in [0, 0.05) is 23.6 Å². The summed E-state index contributed by atoms with van der Waals surface area (Å²) in [7, 11) is 1.49. The number of amides is 1. The van der Waals surface area contributed by atoms with Crippen molar-refractivity contribution in [2.24, 2.45) is 10.8 Å². The number of aromatic nitrogens is 2. The molecule has 2 N–H and O–H groups in total. The lowest BCUT2D eigenvalue weighted by Gasteiger charge is -2.41. The van der Waals surface area contributed by atoms with E-state index in [1.165, 1.54) is 36.8 Å². The number of hydrazine groups is 1. The Bertz CT molecular complexity index is 1390. The Morgan fingerprint density at radius 3 is 2.83 bits per heavy atom. The molecule has 10 heteroatoms. The normalized spacial score (nSPS) is 19.5. The molecule has 0 bridgehead atoms. The standard InChI is InChI=1S/C26H24ClFN6O2/c1-15-25-21(31-14-34(15)29)10-23(33(26(25)35)13-16-4-3-5-17(27)8-16)19-7-6-18(28)9-20(19)22-11-30-12-24(32-22)36-2/h3-9,11-12,14-15,23H,10,13,29H2,1-2H3/t15-,23?/m1/s1. The molecular weight excluding hydrogens is 483 g/mol. The molecule has 0 saturated heterocycles. The van der Waals surface area contributed by atoms with Crippen molar-refractivity contribution in [3.8, 4) is 17.1 Å². The lowest BCUT2D eigenvalue weighted by Crippen LogP contribution is -2.49. The Hall–Kier alpha value is -3.82. The Kier molecular flexibility index (Phi) is 6.42. The fourth-order valence-corrected chi connectivity index (χ4v) is 4.87. The maximum atomic E-state index is 14.5. The van der Waals surface area contributed by atoms with E-state index < -0.39 is 11.9 Å². The molecule has 0 spiro atoms. The number of halogens is 2. The van der Waals surface area contributed by atoms with E-state index in [1.807, 2.05) is 25.1 Å². The quantitative estimate of drug-likeness (QED) is 0.519. The van der Waals surface area contributed by atoms with Crippen molar-refractivity contribution in [1.29, 1.82) is 0 Å². The van der Waals surface area contributed by atoms with Crippen LogP contribution >= 0.6 is 11.6 Å². The number of benzene rings is 2. The van der Waals surface area contributed by atoms with E-state index in [-0.39, 0.29) is 11.9 Å². The third-order valence-corrected chi connectivity index (χ3v) is 6.73. The van der Waals surface area contributed by atoms with Crippen LogP contribution in [0.2, 0.25) is 5.02 Å². The maximum absolute atomic E-state index is 14.5. The van der Waals surface area contributed by atoms with Gasteiger partial charge < -0.3 is 9.64 Å². The van der Waals surface area contributed by atoms with E-state index >= 15 is 0 Å². The second kappa shape index (κ2) is 9.67. The molecule has 0 saturated carbocycles. The van der Waals surface area contributed by atoms with Gasteiger partial charge in [0.2, 0.25) is 5.88 Å². The van der Waals surface area contributed by atoms with Crippen LogP contribution < -0.4 is 10.6 Å². The van der Waals surface area contributed by atoms with Crippen molar-refractivity contribution in [3.63, 3.8) is 0 Å². The van der Waals surface area contributed by atoms with Crippen molar-refractivity contribution in [2.45, 2.75) is 32.0 Å². The molecule has 5 rings (SSSR count). The van der Waals surface area contributed by atoms with Gasteiger partial charge in [-0.2, -0.15) is 0 Å². The van der Waals surface area contributed by atoms with Gasteiger partial charge >= 0.3 is 0 Å². The van der Waals surface area contributed by atoms with Crippen LogP contribution in [-0.4, -0.2) is 45.3 Å².